The lowest BCUT2D eigenvalue weighted by Crippen LogP contribution is -2.19. The maximum Gasteiger partial charge on any atom is 0.416 e. The van der Waals surface area contributed by atoms with Gasteiger partial charge in [0.05, 0.1) is 36.0 Å². The van der Waals surface area contributed by atoms with Gasteiger partial charge in [-0.25, -0.2) is 14.8 Å². The number of carbonyl (C=O) groups is 1. The maximum absolute atomic E-state index is 13.4. The lowest BCUT2D eigenvalue weighted by atomic mass is 10.2. The molecule has 0 spiro atoms. The molecule has 1 heterocycles. The molecule has 1 aromatic heterocycles. The molecule has 2 N–H and O–H groups in total. The average molecular weight is 593 g/mol. The summed E-state index contributed by atoms with van der Waals surface area (Å²) in [5, 5.41) is 8.92. The van der Waals surface area contributed by atoms with Crippen molar-refractivity contribution < 1.29 is 31.8 Å². The SMILES string of the molecule is COc1cc(/C=N\NC(=O)Cc2csc(Nc3cccc(C(F)(F)F)c3)n2)cc(Cl)c1OCc1cccc(F)c1. The number of nitrogens with zero attached hydrogens (tertiary/aromatic N) is 2. The molecule has 13 heteroatoms. The Labute approximate surface area is 235 Å². The molecular formula is C27H21ClF4N4O3S. The summed E-state index contributed by atoms with van der Waals surface area (Å²) in [5.41, 5.74) is 3.38. The first-order chi connectivity index (χ1) is 19.1. The molecule has 0 radical (unpaired) electrons. The largest absolute Gasteiger partial charge is 0.493 e. The minimum absolute atomic E-state index is 0.0745. The molecule has 0 aliphatic heterocycles. The van der Waals surface area contributed by atoms with E-state index < -0.39 is 17.6 Å². The highest BCUT2D eigenvalue weighted by Gasteiger charge is 2.30. The fourth-order valence-electron chi connectivity index (χ4n) is 3.46. The molecule has 1 amide bonds. The summed E-state index contributed by atoms with van der Waals surface area (Å²) in [7, 11) is 1.44. The van der Waals surface area contributed by atoms with Crippen LogP contribution in [0.3, 0.4) is 0 Å². The van der Waals surface area contributed by atoms with Crippen molar-refractivity contribution in [2.45, 2.75) is 19.2 Å². The van der Waals surface area contributed by atoms with E-state index in [1.54, 1.807) is 29.6 Å². The van der Waals surface area contributed by atoms with Crippen molar-refractivity contribution in [2.24, 2.45) is 5.10 Å². The van der Waals surface area contributed by atoms with Crippen LogP contribution in [0.2, 0.25) is 5.02 Å². The van der Waals surface area contributed by atoms with Crippen LogP contribution in [0, 0.1) is 5.82 Å². The van der Waals surface area contributed by atoms with Gasteiger partial charge >= 0.3 is 6.18 Å². The lowest BCUT2D eigenvalue weighted by Gasteiger charge is -2.13. The number of ether oxygens (including phenoxy) is 2. The van der Waals surface area contributed by atoms with E-state index in [0.29, 0.717) is 27.7 Å². The molecule has 7 nitrogen and oxygen atoms in total. The van der Waals surface area contributed by atoms with E-state index in [9.17, 15) is 22.4 Å². The van der Waals surface area contributed by atoms with Gasteiger partial charge in [-0.1, -0.05) is 29.8 Å². The number of benzene rings is 3. The summed E-state index contributed by atoms with van der Waals surface area (Å²) in [6.07, 6.45) is -3.19. The summed E-state index contributed by atoms with van der Waals surface area (Å²) < 4.78 is 63.2. The number of aromatic nitrogens is 1. The Morgan fingerprint density at radius 1 is 1.15 bits per heavy atom. The van der Waals surface area contributed by atoms with Crippen molar-refractivity contribution in [1.82, 2.24) is 10.4 Å². The monoisotopic (exact) mass is 592 g/mol. The Kier molecular flexibility index (Phi) is 9.22. The van der Waals surface area contributed by atoms with Crippen LogP contribution in [0.15, 0.2) is 71.1 Å². The summed E-state index contributed by atoms with van der Waals surface area (Å²) in [4.78, 5) is 16.5. The molecule has 0 aliphatic carbocycles. The topological polar surface area (TPSA) is 84.8 Å². The van der Waals surface area contributed by atoms with Gasteiger partial charge in [0.2, 0.25) is 5.91 Å². The zero-order valence-electron chi connectivity index (χ0n) is 20.8. The van der Waals surface area contributed by atoms with E-state index in [1.807, 2.05) is 0 Å². The smallest absolute Gasteiger partial charge is 0.416 e. The number of alkyl halides is 3. The standard InChI is InChI=1S/C27H21ClF4N4O3S/c1-38-23-10-17(9-22(28)25(23)39-14-16-4-2-6-19(29)8-16)13-33-36-24(37)12-21-15-40-26(35-21)34-20-7-3-5-18(11-20)27(30,31)32/h2-11,13,15H,12,14H2,1H3,(H,34,35)(H,36,37)/b33-13-. The molecule has 40 heavy (non-hydrogen) atoms. The number of amides is 1. The van der Waals surface area contributed by atoms with Crippen LogP contribution in [0.4, 0.5) is 28.4 Å². The number of methoxy groups -OCH3 is 1. The molecule has 0 aliphatic rings. The van der Waals surface area contributed by atoms with Gasteiger partial charge in [-0.05, 0) is 53.6 Å². The van der Waals surface area contributed by atoms with Gasteiger partial charge in [0, 0.05) is 11.1 Å². The minimum atomic E-state index is -4.46. The van der Waals surface area contributed by atoms with Crippen LogP contribution < -0.4 is 20.2 Å². The number of carbonyl (C=O) groups excluding carboxylic acids is 1. The number of rotatable bonds is 10. The van der Waals surface area contributed by atoms with Crippen LogP contribution >= 0.6 is 22.9 Å². The second-order valence-corrected chi connectivity index (χ2v) is 9.54. The first-order valence-electron chi connectivity index (χ1n) is 11.6. The fourth-order valence-corrected chi connectivity index (χ4v) is 4.47. The van der Waals surface area contributed by atoms with Crippen LogP contribution in [-0.2, 0) is 24.0 Å². The van der Waals surface area contributed by atoms with E-state index in [2.05, 4.69) is 20.8 Å². The number of thiazole rings is 1. The van der Waals surface area contributed by atoms with Gasteiger partial charge in [0.1, 0.15) is 12.4 Å². The highest BCUT2D eigenvalue weighted by molar-refractivity contribution is 7.13. The van der Waals surface area contributed by atoms with Gasteiger partial charge in [-0.15, -0.1) is 11.3 Å². The molecule has 208 valence electrons. The second kappa shape index (κ2) is 12.8. The molecule has 0 saturated carbocycles. The third kappa shape index (κ3) is 7.93. The second-order valence-electron chi connectivity index (χ2n) is 8.27. The highest BCUT2D eigenvalue weighted by atomic mass is 35.5. The van der Waals surface area contributed by atoms with Crippen LogP contribution in [0.1, 0.15) is 22.4 Å². The highest BCUT2D eigenvalue weighted by Crippen LogP contribution is 2.37. The van der Waals surface area contributed by atoms with Crippen molar-refractivity contribution in [1.29, 1.82) is 0 Å². The molecule has 0 fully saturated rings. The fraction of sp³-hybridized carbons (Fsp3) is 0.148. The van der Waals surface area contributed by atoms with Crippen LogP contribution in [-0.4, -0.2) is 24.2 Å². The van der Waals surface area contributed by atoms with Crippen molar-refractivity contribution in [2.75, 3.05) is 12.4 Å². The summed E-state index contributed by atoms with van der Waals surface area (Å²) >= 11 is 7.50. The van der Waals surface area contributed by atoms with Gasteiger partial charge in [-0.2, -0.15) is 18.3 Å². The Bertz CT molecular complexity index is 1530. The molecular weight excluding hydrogens is 572 g/mol. The first kappa shape index (κ1) is 28.8. The maximum atomic E-state index is 13.4. The van der Waals surface area contributed by atoms with Crippen LogP contribution in [0.25, 0.3) is 0 Å². The number of halogens is 5. The van der Waals surface area contributed by atoms with E-state index >= 15 is 0 Å². The molecule has 4 rings (SSSR count). The minimum Gasteiger partial charge on any atom is -0.493 e. The molecule has 3 aromatic carbocycles. The van der Waals surface area contributed by atoms with Crippen molar-refractivity contribution in [3.05, 3.63) is 99.3 Å². The predicted octanol–water partition coefficient (Wildman–Crippen LogP) is 6.98. The zero-order valence-corrected chi connectivity index (χ0v) is 22.3. The van der Waals surface area contributed by atoms with E-state index in [1.165, 1.54) is 37.6 Å². The molecule has 0 atom stereocenters. The molecule has 0 bridgehead atoms. The normalized spacial score (nSPS) is 11.4. The summed E-state index contributed by atoms with van der Waals surface area (Å²) in [5.74, 6) is -0.247. The summed E-state index contributed by atoms with van der Waals surface area (Å²) in [6, 6.07) is 13.9. The van der Waals surface area contributed by atoms with Gasteiger partial charge in [-0.3, -0.25) is 4.79 Å². The average Bonchev–Trinajstić information content (AvgIpc) is 3.33. The predicted molar refractivity (Wildman–Crippen MR) is 145 cm³/mol. The van der Waals surface area contributed by atoms with Crippen LogP contribution in [0.5, 0.6) is 11.5 Å². The Morgan fingerprint density at radius 2 is 1.95 bits per heavy atom. The van der Waals surface area contributed by atoms with Gasteiger partial charge < -0.3 is 14.8 Å². The number of hydrazone groups is 1. The van der Waals surface area contributed by atoms with Gasteiger partial charge in [0.15, 0.2) is 16.6 Å². The Balaban J connectivity index is 1.32. The molecule has 0 saturated heterocycles. The molecule has 0 unspecified atom stereocenters. The Morgan fingerprint density at radius 3 is 2.70 bits per heavy atom. The van der Waals surface area contributed by atoms with Crippen molar-refractivity contribution in [3.63, 3.8) is 0 Å². The van der Waals surface area contributed by atoms with Crippen molar-refractivity contribution >= 4 is 45.9 Å². The molecule has 4 aromatic rings. The van der Waals surface area contributed by atoms with Crippen molar-refractivity contribution in [3.8, 4) is 11.5 Å². The van der Waals surface area contributed by atoms with Gasteiger partial charge in [0.25, 0.3) is 0 Å². The Hall–Kier alpha value is -4.16. The third-order valence-corrected chi connectivity index (χ3v) is 6.35. The number of hydrogen-bond acceptors (Lipinski definition) is 7. The number of hydrogen-bond donors (Lipinski definition) is 2. The number of nitrogens with one attached hydrogen (secondary N) is 2. The first-order valence-corrected chi connectivity index (χ1v) is 12.8. The third-order valence-electron chi connectivity index (χ3n) is 5.26. The summed E-state index contributed by atoms with van der Waals surface area (Å²) in [6.45, 7) is 0.0745. The van der Waals surface area contributed by atoms with E-state index in [4.69, 9.17) is 21.1 Å². The zero-order chi connectivity index (χ0) is 28.7. The van der Waals surface area contributed by atoms with E-state index in [0.717, 1.165) is 23.5 Å². The quantitative estimate of drug-likeness (QED) is 0.118. The van der Waals surface area contributed by atoms with E-state index in [-0.39, 0.29) is 35.3 Å². The number of anilines is 2. The lowest BCUT2D eigenvalue weighted by molar-refractivity contribution is -0.137.